The summed E-state index contributed by atoms with van der Waals surface area (Å²) in [5.41, 5.74) is -2.81. The van der Waals surface area contributed by atoms with E-state index in [1.807, 2.05) is 19.6 Å². The molecule has 3 aromatic rings. The van der Waals surface area contributed by atoms with Gasteiger partial charge in [0.1, 0.15) is 0 Å². The van der Waals surface area contributed by atoms with Gasteiger partial charge >= 0.3 is 15.6 Å². The second kappa shape index (κ2) is 11.3. The van der Waals surface area contributed by atoms with E-state index in [1.54, 1.807) is 60.7 Å². The number of carbonyl (C=O) groups is 1. The van der Waals surface area contributed by atoms with E-state index in [2.05, 4.69) is 5.16 Å². The predicted octanol–water partition coefficient (Wildman–Crippen LogP) is 5.94. The van der Waals surface area contributed by atoms with Crippen LogP contribution in [0.1, 0.15) is 39.0 Å². The maximum atomic E-state index is 14.2. The highest BCUT2D eigenvalue weighted by Gasteiger charge is 2.50. The SMILES string of the molecule is C[Si](C)(C)C1=C(OS(=O)(=O)C(F)(F)F)c2ccccc2N(CC2CC(c3ccc(CO)cc3)=NO2)C(=O)c2ccccc21. The number of halogens is 3. The van der Waals surface area contributed by atoms with Crippen molar-refractivity contribution in [1.82, 2.24) is 0 Å². The summed E-state index contributed by atoms with van der Waals surface area (Å²) >= 11 is 0. The van der Waals surface area contributed by atoms with E-state index in [9.17, 15) is 31.5 Å². The number of oxime groups is 1. The summed E-state index contributed by atoms with van der Waals surface area (Å²) in [6.07, 6.45) is -0.284. The number of para-hydroxylation sites is 1. The van der Waals surface area contributed by atoms with E-state index in [0.29, 0.717) is 17.7 Å². The zero-order valence-electron chi connectivity index (χ0n) is 23.6. The fourth-order valence-electron chi connectivity index (χ4n) is 5.17. The van der Waals surface area contributed by atoms with Crippen LogP contribution in [0.15, 0.2) is 78.0 Å². The number of carbonyl (C=O) groups excluding carboxylic acids is 1. The molecule has 0 spiro atoms. The molecule has 0 bridgehead atoms. The number of alkyl halides is 3. The number of anilines is 1. The quantitative estimate of drug-likeness (QED) is 0.197. The number of aliphatic hydroxyl groups excluding tert-OH is 1. The summed E-state index contributed by atoms with van der Waals surface area (Å²) in [5, 5.41) is 13.8. The smallest absolute Gasteiger partial charge is 0.392 e. The molecular formula is C30H29F3N2O6SSi. The Morgan fingerprint density at radius 2 is 1.58 bits per heavy atom. The summed E-state index contributed by atoms with van der Waals surface area (Å²) < 4.78 is 70.9. The Morgan fingerprint density at radius 3 is 2.19 bits per heavy atom. The van der Waals surface area contributed by atoms with Crippen LogP contribution in [-0.4, -0.2) is 51.4 Å². The molecule has 8 nitrogen and oxygen atoms in total. The molecule has 0 saturated heterocycles. The van der Waals surface area contributed by atoms with E-state index in [0.717, 1.165) is 11.1 Å². The fraction of sp³-hybridized carbons (Fsp3) is 0.267. The molecule has 0 aromatic heterocycles. The number of nitrogens with zero attached hydrogens (tertiary/aromatic N) is 2. The molecule has 1 N–H and O–H groups in total. The Hall–Kier alpha value is -3.94. The average molecular weight is 631 g/mol. The van der Waals surface area contributed by atoms with E-state index in [-0.39, 0.29) is 35.2 Å². The molecule has 1 unspecified atom stereocenters. The lowest BCUT2D eigenvalue weighted by molar-refractivity contribution is -0.0509. The van der Waals surface area contributed by atoms with E-state index in [4.69, 9.17) is 9.02 Å². The van der Waals surface area contributed by atoms with Gasteiger partial charge in [-0.25, -0.2) is 0 Å². The highest BCUT2D eigenvalue weighted by Crippen LogP contribution is 2.44. The topological polar surface area (TPSA) is 106 Å². The molecule has 0 fully saturated rings. The van der Waals surface area contributed by atoms with Crippen molar-refractivity contribution < 1.29 is 40.5 Å². The van der Waals surface area contributed by atoms with Gasteiger partial charge < -0.3 is 19.0 Å². The molecule has 1 atom stereocenters. The Kier molecular flexibility index (Phi) is 8.01. The minimum absolute atomic E-state index is 0.0342. The van der Waals surface area contributed by atoms with Crippen LogP contribution in [0.3, 0.4) is 0 Å². The molecule has 2 aliphatic rings. The summed E-state index contributed by atoms with van der Waals surface area (Å²) in [4.78, 5) is 21.3. The molecule has 1 amide bonds. The van der Waals surface area contributed by atoms with Gasteiger partial charge in [-0.05, 0) is 40.1 Å². The lowest BCUT2D eigenvalue weighted by Gasteiger charge is -2.34. The molecule has 0 radical (unpaired) electrons. The molecule has 43 heavy (non-hydrogen) atoms. The fourth-order valence-corrected chi connectivity index (χ4v) is 7.63. The van der Waals surface area contributed by atoms with Gasteiger partial charge in [-0.15, -0.1) is 0 Å². The van der Waals surface area contributed by atoms with Crippen molar-refractivity contribution in [3.63, 3.8) is 0 Å². The van der Waals surface area contributed by atoms with Crippen molar-refractivity contribution in [2.45, 2.75) is 44.3 Å². The number of hydrogen-bond donors (Lipinski definition) is 1. The van der Waals surface area contributed by atoms with E-state index >= 15 is 0 Å². The maximum absolute atomic E-state index is 14.2. The van der Waals surface area contributed by atoms with Crippen molar-refractivity contribution in [2.75, 3.05) is 11.4 Å². The van der Waals surface area contributed by atoms with Crippen LogP contribution in [0.2, 0.25) is 19.6 Å². The number of fused-ring (bicyclic) bond motifs is 2. The van der Waals surface area contributed by atoms with Gasteiger partial charge in [-0.2, -0.15) is 21.6 Å². The Balaban J connectivity index is 1.63. The predicted molar refractivity (Wildman–Crippen MR) is 159 cm³/mol. The molecule has 0 saturated carbocycles. The standard InChI is InChI=1S/C30H29F3N2O6SSi/c1-43(2,3)28-22-8-4-5-9-23(22)29(37)35(17-21-16-25(34-40-21)20-14-12-19(18-36)13-15-20)26-11-7-6-10-24(26)27(28)41-42(38,39)30(31,32)33/h4-15,21,36H,16-18H2,1-3H3. The third kappa shape index (κ3) is 5.97. The van der Waals surface area contributed by atoms with Crippen molar-refractivity contribution in [3.05, 3.63) is 101 Å². The lowest BCUT2D eigenvalue weighted by Crippen LogP contribution is -2.40. The lowest BCUT2D eigenvalue weighted by atomic mass is 9.98. The third-order valence-corrected chi connectivity index (χ3v) is 10.1. The number of amides is 1. The molecule has 2 heterocycles. The van der Waals surface area contributed by atoms with Gasteiger partial charge in [0.2, 0.25) is 0 Å². The molecule has 0 aliphatic carbocycles. The van der Waals surface area contributed by atoms with Gasteiger partial charge in [0, 0.05) is 17.5 Å². The van der Waals surface area contributed by atoms with Gasteiger partial charge in [0.25, 0.3) is 5.91 Å². The largest absolute Gasteiger partial charge is 0.534 e. The number of rotatable bonds is 7. The zero-order chi connectivity index (χ0) is 31.2. The van der Waals surface area contributed by atoms with Crippen LogP contribution >= 0.6 is 0 Å². The van der Waals surface area contributed by atoms with Gasteiger partial charge in [0.05, 0.1) is 32.6 Å². The van der Waals surface area contributed by atoms with Crippen LogP contribution in [-0.2, 0) is 25.7 Å². The monoisotopic (exact) mass is 630 g/mol. The summed E-state index contributed by atoms with van der Waals surface area (Å²) in [7, 11) is -8.76. The molecular weight excluding hydrogens is 601 g/mol. The summed E-state index contributed by atoms with van der Waals surface area (Å²) in [6.45, 7) is 5.38. The van der Waals surface area contributed by atoms with Crippen LogP contribution in [0.5, 0.6) is 0 Å². The number of aliphatic hydroxyl groups is 1. The highest BCUT2D eigenvalue weighted by molar-refractivity contribution is 7.87. The second-order valence-corrected chi connectivity index (χ2v) is 17.8. The summed E-state index contributed by atoms with van der Waals surface area (Å²) in [6, 6.07) is 19.7. The normalized spacial score (nSPS) is 17.5. The second-order valence-electron chi connectivity index (χ2n) is 11.2. The maximum Gasteiger partial charge on any atom is 0.534 e. The minimum atomic E-state index is -6.06. The molecule has 2 aliphatic heterocycles. The minimum Gasteiger partial charge on any atom is -0.392 e. The van der Waals surface area contributed by atoms with E-state index in [1.165, 1.54) is 17.0 Å². The first kappa shape index (κ1) is 30.5. The molecule has 5 rings (SSSR count). The Morgan fingerprint density at radius 1 is 0.977 bits per heavy atom. The highest BCUT2D eigenvalue weighted by atomic mass is 32.2. The molecule has 3 aromatic carbocycles. The number of hydrogen-bond acceptors (Lipinski definition) is 7. The van der Waals surface area contributed by atoms with Crippen LogP contribution in [0.4, 0.5) is 18.9 Å². The van der Waals surface area contributed by atoms with Gasteiger partial charge in [-0.1, -0.05) is 79.4 Å². The van der Waals surface area contributed by atoms with Crippen LogP contribution < -0.4 is 4.90 Å². The first-order chi connectivity index (χ1) is 20.2. The number of benzene rings is 3. The Labute approximate surface area is 248 Å². The van der Waals surface area contributed by atoms with Crippen molar-refractivity contribution in [1.29, 1.82) is 0 Å². The molecule has 226 valence electrons. The first-order valence-electron chi connectivity index (χ1n) is 13.4. The van der Waals surface area contributed by atoms with Crippen LogP contribution in [0, 0.1) is 0 Å². The van der Waals surface area contributed by atoms with E-state index < -0.39 is 41.5 Å². The van der Waals surface area contributed by atoms with Crippen molar-refractivity contribution in [2.24, 2.45) is 5.16 Å². The van der Waals surface area contributed by atoms with Gasteiger partial charge in [0.15, 0.2) is 11.9 Å². The summed E-state index contributed by atoms with van der Waals surface area (Å²) in [5.74, 6) is -0.883. The van der Waals surface area contributed by atoms with Crippen molar-refractivity contribution in [3.8, 4) is 0 Å². The zero-order valence-corrected chi connectivity index (χ0v) is 25.4. The molecule has 13 heteroatoms. The first-order valence-corrected chi connectivity index (χ1v) is 18.3. The third-order valence-electron chi connectivity index (χ3n) is 7.15. The van der Waals surface area contributed by atoms with Gasteiger partial charge in [-0.3, -0.25) is 4.79 Å². The van der Waals surface area contributed by atoms with Crippen LogP contribution in [0.25, 0.3) is 11.0 Å². The Bertz CT molecular complexity index is 1730. The van der Waals surface area contributed by atoms with Crippen molar-refractivity contribution >= 4 is 46.5 Å². The average Bonchev–Trinajstić information content (AvgIpc) is 3.42.